The minimum Gasteiger partial charge on any atom is -0.326 e. The average molecular weight is 451 g/mol. The molecule has 6 nitrogen and oxygen atoms in total. The van der Waals surface area contributed by atoms with E-state index in [1.807, 2.05) is 0 Å². The number of anilines is 3. The topological polar surface area (TPSA) is 75.2 Å². The standard InChI is InChI=1S/C20H14Cl2F2N4O2/c1-11(29)28(18-3-4-25-10-17(18)24)19-8-13(2-5-26-19)27-20(30)9-14-15(21)6-12(23)7-16(14)22/h2-8,10H,9H2,1H3,(H,26,27,30). The summed E-state index contributed by atoms with van der Waals surface area (Å²) in [6, 6.07) is 6.37. The van der Waals surface area contributed by atoms with Crippen LogP contribution in [0.1, 0.15) is 12.5 Å². The summed E-state index contributed by atoms with van der Waals surface area (Å²) in [5, 5.41) is 2.68. The predicted octanol–water partition coefficient (Wildman–Crippen LogP) is 4.93. The number of hydrogen-bond donors (Lipinski definition) is 1. The second kappa shape index (κ2) is 9.15. The van der Waals surface area contributed by atoms with Gasteiger partial charge in [0.1, 0.15) is 11.6 Å². The van der Waals surface area contributed by atoms with E-state index in [-0.39, 0.29) is 33.5 Å². The van der Waals surface area contributed by atoms with Crippen molar-refractivity contribution in [3.8, 4) is 0 Å². The van der Waals surface area contributed by atoms with E-state index in [9.17, 15) is 18.4 Å². The fourth-order valence-electron chi connectivity index (χ4n) is 2.73. The van der Waals surface area contributed by atoms with Crippen molar-refractivity contribution >= 4 is 52.2 Å². The maximum absolute atomic E-state index is 14.1. The summed E-state index contributed by atoms with van der Waals surface area (Å²) in [6.45, 7) is 1.26. The lowest BCUT2D eigenvalue weighted by atomic mass is 10.1. The molecule has 0 saturated carbocycles. The largest absolute Gasteiger partial charge is 0.326 e. The number of carbonyl (C=O) groups is 2. The van der Waals surface area contributed by atoms with Gasteiger partial charge in [-0.15, -0.1) is 0 Å². The number of pyridine rings is 2. The van der Waals surface area contributed by atoms with Crippen LogP contribution < -0.4 is 10.2 Å². The Labute approximate surface area is 180 Å². The second-order valence-corrected chi connectivity index (χ2v) is 6.97. The van der Waals surface area contributed by atoms with Crippen LogP contribution in [0.15, 0.2) is 48.9 Å². The van der Waals surface area contributed by atoms with E-state index < -0.39 is 23.4 Å². The second-order valence-electron chi connectivity index (χ2n) is 6.16. The molecule has 0 aliphatic rings. The molecule has 30 heavy (non-hydrogen) atoms. The highest BCUT2D eigenvalue weighted by Crippen LogP contribution is 2.29. The Bertz CT molecular complexity index is 1100. The molecule has 2 heterocycles. The van der Waals surface area contributed by atoms with Crippen LogP contribution in [0, 0.1) is 11.6 Å². The van der Waals surface area contributed by atoms with Crippen LogP contribution in [-0.2, 0) is 16.0 Å². The van der Waals surface area contributed by atoms with E-state index in [4.69, 9.17) is 23.2 Å². The third-order valence-corrected chi connectivity index (χ3v) is 4.68. The van der Waals surface area contributed by atoms with E-state index in [0.717, 1.165) is 23.2 Å². The maximum atomic E-state index is 14.1. The minimum absolute atomic E-state index is 0.0292. The number of hydrogen-bond acceptors (Lipinski definition) is 4. The van der Waals surface area contributed by atoms with Crippen molar-refractivity contribution in [2.45, 2.75) is 13.3 Å². The highest BCUT2D eigenvalue weighted by atomic mass is 35.5. The molecule has 2 aromatic heterocycles. The summed E-state index contributed by atoms with van der Waals surface area (Å²) in [5.74, 6) is -2.18. The Morgan fingerprint density at radius 2 is 1.80 bits per heavy atom. The lowest BCUT2D eigenvalue weighted by molar-refractivity contribution is -0.116. The number of aromatic nitrogens is 2. The molecule has 1 aromatic carbocycles. The molecular weight excluding hydrogens is 437 g/mol. The highest BCUT2D eigenvalue weighted by Gasteiger charge is 2.20. The number of amides is 2. The third-order valence-electron chi connectivity index (χ3n) is 4.01. The van der Waals surface area contributed by atoms with Crippen molar-refractivity contribution < 1.29 is 18.4 Å². The van der Waals surface area contributed by atoms with Gasteiger partial charge in [-0.2, -0.15) is 0 Å². The summed E-state index contributed by atoms with van der Waals surface area (Å²) in [4.78, 5) is 33.4. The molecule has 0 atom stereocenters. The number of halogens is 4. The van der Waals surface area contributed by atoms with Crippen molar-refractivity contribution in [2.75, 3.05) is 10.2 Å². The third kappa shape index (κ3) is 4.90. The molecule has 0 saturated heterocycles. The number of benzene rings is 1. The van der Waals surface area contributed by atoms with Crippen molar-refractivity contribution in [3.05, 3.63) is 76.2 Å². The van der Waals surface area contributed by atoms with E-state index in [0.29, 0.717) is 5.69 Å². The molecular formula is C20H14Cl2F2N4O2. The molecule has 0 radical (unpaired) electrons. The maximum Gasteiger partial charge on any atom is 0.229 e. The zero-order valence-corrected chi connectivity index (χ0v) is 17.0. The Hall–Kier alpha value is -3.10. The molecule has 0 aliphatic carbocycles. The van der Waals surface area contributed by atoms with Crippen LogP contribution in [0.2, 0.25) is 10.0 Å². The fraction of sp³-hybridized carbons (Fsp3) is 0.100. The zero-order chi connectivity index (χ0) is 21.8. The van der Waals surface area contributed by atoms with E-state index >= 15 is 0 Å². The summed E-state index contributed by atoms with van der Waals surface area (Å²) in [5.41, 5.74) is 0.550. The van der Waals surface area contributed by atoms with Crippen LogP contribution >= 0.6 is 23.2 Å². The van der Waals surface area contributed by atoms with E-state index in [2.05, 4.69) is 15.3 Å². The molecule has 1 N–H and O–H groups in total. The van der Waals surface area contributed by atoms with Crippen LogP contribution in [0.5, 0.6) is 0 Å². The number of rotatable bonds is 5. The Morgan fingerprint density at radius 1 is 1.10 bits per heavy atom. The number of nitrogens with one attached hydrogen (secondary N) is 1. The van der Waals surface area contributed by atoms with Gasteiger partial charge in [0.25, 0.3) is 0 Å². The fourth-order valence-corrected chi connectivity index (χ4v) is 3.32. The molecule has 0 fully saturated rings. The summed E-state index contributed by atoms with van der Waals surface area (Å²) in [6.07, 6.45) is 3.48. The SMILES string of the molecule is CC(=O)N(c1cc(NC(=O)Cc2c(Cl)cc(F)cc2Cl)ccn1)c1ccncc1F. The molecule has 0 aliphatic heterocycles. The first kappa shape index (κ1) is 21.6. The van der Waals surface area contributed by atoms with Gasteiger partial charge in [0, 0.05) is 41.1 Å². The van der Waals surface area contributed by atoms with Gasteiger partial charge in [-0.25, -0.2) is 13.8 Å². The molecule has 0 bridgehead atoms. The van der Waals surface area contributed by atoms with Crippen molar-refractivity contribution in [1.82, 2.24) is 9.97 Å². The minimum atomic E-state index is -0.704. The van der Waals surface area contributed by atoms with Gasteiger partial charge in [0.15, 0.2) is 5.82 Å². The number of nitrogens with zero attached hydrogens (tertiary/aromatic N) is 3. The lowest BCUT2D eigenvalue weighted by Gasteiger charge is -2.21. The predicted molar refractivity (Wildman–Crippen MR) is 110 cm³/mol. The van der Waals surface area contributed by atoms with Gasteiger partial charge in [-0.1, -0.05) is 23.2 Å². The first-order chi connectivity index (χ1) is 14.3. The quantitative estimate of drug-likeness (QED) is 0.597. The van der Waals surface area contributed by atoms with Crippen molar-refractivity contribution in [3.63, 3.8) is 0 Å². The van der Waals surface area contributed by atoms with Crippen molar-refractivity contribution in [2.24, 2.45) is 0 Å². The van der Waals surface area contributed by atoms with Crippen LogP contribution in [-0.4, -0.2) is 21.8 Å². The molecule has 154 valence electrons. The number of carbonyl (C=O) groups excluding carboxylic acids is 2. The molecule has 3 rings (SSSR count). The highest BCUT2D eigenvalue weighted by molar-refractivity contribution is 6.36. The first-order valence-corrected chi connectivity index (χ1v) is 9.31. The Morgan fingerprint density at radius 3 is 2.43 bits per heavy atom. The Kier molecular flexibility index (Phi) is 6.59. The Balaban J connectivity index is 1.84. The lowest BCUT2D eigenvalue weighted by Crippen LogP contribution is -2.25. The van der Waals surface area contributed by atoms with Gasteiger partial charge in [0.2, 0.25) is 11.8 Å². The van der Waals surface area contributed by atoms with Crippen molar-refractivity contribution in [1.29, 1.82) is 0 Å². The summed E-state index contributed by atoms with van der Waals surface area (Å²) >= 11 is 11.9. The summed E-state index contributed by atoms with van der Waals surface area (Å²) < 4.78 is 27.4. The summed E-state index contributed by atoms with van der Waals surface area (Å²) in [7, 11) is 0. The van der Waals surface area contributed by atoms with Crippen LogP contribution in [0.3, 0.4) is 0 Å². The normalized spacial score (nSPS) is 10.6. The van der Waals surface area contributed by atoms with Gasteiger partial charge in [-0.05, 0) is 29.8 Å². The van der Waals surface area contributed by atoms with Gasteiger partial charge in [0.05, 0.1) is 18.3 Å². The van der Waals surface area contributed by atoms with Crippen LogP contribution in [0.25, 0.3) is 0 Å². The molecule has 0 spiro atoms. The van der Waals surface area contributed by atoms with Gasteiger partial charge < -0.3 is 5.32 Å². The van der Waals surface area contributed by atoms with Crippen LogP contribution in [0.4, 0.5) is 26.0 Å². The zero-order valence-electron chi connectivity index (χ0n) is 15.5. The first-order valence-electron chi connectivity index (χ1n) is 8.56. The monoisotopic (exact) mass is 450 g/mol. The van der Waals surface area contributed by atoms with E-state index in [1.54, 1.807) is 0 Å². The molecule has 0 unspecified atom stereocenters. The van der Waals surface area contributed by atoms with Gasteiger partial charge in [-0.3, -0.25) is 19.5 Å². The van der Waals surface area contributed by atoms with Gasteiger partial charge >= 0.3 is 0 Å². The molecule has 2 amide bonds. The average Bonchev–Trinajstić information content (AvgIpc) is 2.66. The van der Waals surface area contributed by atoms with E-state index in [1.165, 1.54) is 37.5 Å². The molecule has 10 heteroatoms. The smallest absolute Gasteiger partial charge is 0.229 e. The molecule has 3 aromatic rings.